The van der Waals surface area contributed by atoms with Crippen molar-refractivity contribution in [3.63, 3.8) is 0 Å². The van der Waals surface area contributed by atoms with Gasteiger partial charge in [-0.1, -0.05) is 18.2 Å². The van der Waals surface area contributed by atoms with Crippen molar-refractivity contribution in [3.05, 3.63) is 68.1 Å². The van der Waals surface area contributed by atoms with Gasteiger partial charge in [0.25, 0.3) is 5.91 Å². The van der Waals surface area contributed by atoms with E-state index in [4.69, 9.17) is 0 Å². The summed E-state index contributed by atoms with van der Waals surface area (Å²) in [5.41, 5.74) is 3.85. The zero-order chi connectivity index (χ0) is 16.5. The molecule has 1 aliphatic carbocycles. The molecule has 0 saturated carbocycles. The van der Waals surface area contributed by atoms with Crippen LogP contribution < -0.4 is 5.32 Å². The third-order valence-electron chi connectivity index (χ3n) is 4.19. The van der Waals surface area contributed by atoms with Gasteiger partial charge in [0.2, 0.25) is 0 Å². The molecule has 0 spiro atoms. The molecule has 3 aromatic rings. The van der Waals surface area contributed by atoms with Crippen LogP contribution in [-0.2, 0) is 19.4 Å². The van der Waals surface area contributed by atoms with Crippen molar-refractivity contribution in [1.82, 2.24) is 15.1 Å². The van der Waals surface area contributed by atoms with Crippen LogP contribution in [0.15, 0.2) is 46.3 Å². The minimum absolute atomic E-state index is 0.0904. The van der Waals surface area contributed by atoms with Gasteiger partial charge in [-0.25, -0.2) is 4.68 Å². The molecule has 4 rings (SSSR count). The molecule has 2 heterocycles. The second kappa shape index (κ2) is 6.53. The molecule has 0 fully saturated rings. The Bertz CT molecular complexity index is 885. The van der Waals surface area contributed by atoms with Gasteiger partial charge < -0.3 is 5.32 Å². The van der Waals surface area contributed by atoms with Gasteiger partial charge in [0, 0.05) is 26.0 Å². The molecule has 0 atom stereocenters. The van der Waals surface area contributed by atoms with E-state index in [1.807, 2.05) is 46.5 Å². The van der Waals surface area contributed by atoms with Crippen LogP contribution in [0.25, 0.3) is 5.69 Å². The van der Waals surface area contributed by atoms with Crippen LogP contribution in [0.5, 0.6) is 0 Å². The standard InChI is InChI=1S/C18H16BrN3OS/c19-12-9-14(24-11-12)10-20-18(23)17-15-7-4-8-16(15)22(21-17)13-5-2-1-3-6-13/h1-3,5-6,9,11H,4,7-8,10H2,(H,20,23). The van der Waals surface area contributed by atoms with E-state index in [9.17, 15) is 4.79 Å². The van der Waals surface area contributed by atoms with Crippen LogP contribution in [0, 0.1) is 0 Å². The molecule has 122 valence electrons. The number of benzene rings is 1. The van der Waals surface area contributed by atoms with Crippen LogP contribution in [-0.4, -0.2) is 15.7 Å². The first-order chi connectivity index (χ1) is 11.7. The highest BCUT2D eigenvalue weighted by Gasteiger charge is 2.26. The highest BCUT2D eigenvalue weighted by Crippen LogP contribution is 2.28. The Hall–Kier alpha value is -1.92. The number of hydrogen-bond donors (Lipinski definition) is 1. The molecule has 6 heteroatoms. The van der Waals surface area contributed by atoms with Crippen LogP contribution >= 0.6 is 27.3 Å². The molecule has 1 aromatic carbocycles. The maximum absolute atomic E-state index is 12.6. The predicted octanol–water partition coefficient (Wildman–Crippen LogP) is 4.12. The van der Waals surface area contributed by atoms with E-state index >= 15 is 0 Å². The van der Waals surface area contributed by atoms with Gasteiger partial charge in [-0.2, -0.15) is 5.10 Å². The summed E-state index contributed by atoms with van der Waals surface area (Å²) >= 11 is 5.06. The molecule has 0 radical (unpaired) electrons. The second-order valence-electron chi connectivity index (χ2n) is 5.79. The van der Waals surface area contributed by atoms with Gasteiger partial charge >= 0.3 is 0 Å². The Morgan fingerprint density at radius 1 is 1.29 bits per heavy atom. The molecular formula is C18H16BrN3OS. The lowest BCUT2D eigenvalue weighted by molar-refractivity contribution is 0.0945. The van der Waals surface area contributed by atoms with Crippen LogP contribution in [0.1, 0.15) is 33.0 Å². The number of para-hydroxylation sites is 1. The fourth-order valence-corrected chi connectivity index (χ4v) is 4.49. The average molecular weight is 402 g/mol. The molecular weight excluding hydrogens is 386 g/mol. The lowest BCUT2D eigenvalue weighted by Gasteiger charge is -2.05. The maximum atomic E-state index is 12.6. The average Bonchev–Trinajstić information content (AvgIpc) is 3.29. The molecule has 0 saturated heterocycles. The van der Waals surface area contributed by atoms with Crippen molar-refractivity contribution in [2.24, 2.45) is 0 Å². The number of nitrogens with zero attached hydrogens (tertiary/aromatic N) is 2. The number of rotatable bonds is 4. The van der Waals surface area contributed by atoms with Crippen molar-refractivity contribution in [3.8, 4) is 5.69 Å². The molecule has 0 aliphatic heterocycles. The number of nitrogens with one attached hydrogen (secondary N) is 1. The summed E-state index contributed by atoms with van der Waals surface area (Å²) < 4.78 is 2.98. The summed E-state index contributed by atoms with van der Waals surface area (Å²) in [6.07, 6.45) is 2.98. The Morgan fingerprint density at radius 2 is 2.12 bits per heavy atom. The highest BCUT2D eigenvalue weighted by atomic mass is 79.9. The molecule has 2 aromatic heterocycles. The van der Waals surface area contributed by atoms with Crippen LogP contribution in [0.2, 0.25) is 0 Å². The fraction of sp³-hybridized carbons (Fsp3) is 0.222. The smallest absolute Gasteiger partial charge is 0.272 e. The SMILES string of the molecule is O=C(NCc1cc(Br)cs1)c1nn(-c2ccccc2)c2c1CCC2. The maximum Gasteiger partial charge on any atom is 0.272 e. The third-order valence-corrected chi connectivity index (χ3v) is 5.89. The van der Waals surface area contributed by atoms with Crippen LogP contribution in [0.4, 0.5) is 0 Å². The van der Waals surface area contributed by atoms with Gasteiger partial charge in [-0.05, 0) is 53.4 Å². The van der Waals surface area contributed by atoms with Crippen molar-refractivity contribution in [2.75, 3.05) is 0 Å². The quantitative estimate of drug-likeness (QED) is 0.714. The van der Waals surface area contributed by atoms with Crippen molar-refractivity contribution in [1.29, 1.82) is 0 Å². The van der Waals surface area contributed by atoms with E-state index < -0.39 is 0 Å². The molecule has 1 amide bonds. The summed E-state index contributed by atoms with van der Waals surface area (Å²) in [7, 11) is 0. The zero-order valence-electron chi connectivity index (χ0n) is 13.0. The van der Waals surface area contributed by atoms with E-state index in [1.54, 1.807) is 11.3 Å². The number of amides is 1. The Labute approximate surface area is 152 Å². The van der Waals surface area contributed by atoms with Gasteiger partial charge in [0.15, 0.2) is 5.69 Å². The second-order valence-corrected chi connectivity index (χ2v) is 7.70. The predicted molar refractivity (Wildman–Crippen MR) is 98.8 cm³/mol. The molecule has 1 N–H and O–H groups in total. The van der Waals surface area contributed by atoms with E-state index in [1.165, 1.54) is 5.69 Å². The zero-order valence-corrected chi connectivity index (χ0v) is 15.4. The first kappa shape index (κ1) is 15.6. The van der Waals surface area contributed by atoms with Crippen molar-refractivity contribution >= 4 is 33.2 Å². The van der Waals surface area contributed by atoms with Gasteiger partial charge in [-0.15, -0.1) is 11.3 Å². The topological polar surface area (TPSA) is 46.9 Å². The lowest BCUT2D eigenvalue weighted by Crippen LogP contribution is -2.24. The number of halogens is 1. The minimum Gasteiger partial charge on any atom is -0.346 e. The van der Waals surface area contributed by atoms with E-state index in [0.29, 0.717) is 12.2 Å². The van der Waals surface area contributed by atoms with Crippen molar-refractivity contribution in [2.45, 2.75) is 25.8 Å². The molecule has 1 aliphatic rings. The molecule has 0 unspecified atom stereocenters. The highest BCUT2D eigenvalue weighted by molar-refractivity contribution is 9.10. The Morgan fingerprint density at radius 3 is 2.88 bits per heavy atom. The van der Waals surface area contributed by atoms with Crippen molar-refractivity contribution < 1.29 is 4.79 Å². The minimum atomic E-state index is -0.0904. The van der Waals surface area contributed by atoms with Crippen LogP contribution in [0.3, 0.4) is 0 Å². The molecule has 4 nitrogen and oxygen atoms in total. The number of fused-ring (bicyclic) bond motifs is 1. The number of aromatic nitrogens is 2. The number of carbonyl (C=O) groups is 1. The fourth-order valence-electron chi connectivity index (χ4n) is 3.10. The van der Waals surface area contributed by atoms with Gasteiger partial charge in [-0.3, -0.25) is 4.79 Å². The van der Waals surface area contributed by atoms with E-state index in [0.717, 1.165) is 39.9 Å². The molecule has 24 heavy (non-hydrogen) atoms. The van der Waals surface area contributed by atoms with Gasteiger partial charge in [0.1, 0.15) is 0 Å². The Balaban J connectivity index is 1.60. The summed E-state index contributed by atoms with van der Waals surface area (Å²) in [5.74, 6) is -0.0904. The first-order valence-corrected chi connectivity index (χ1v) is 9.57. The normalized spacial score (nSPS) is 13.0. The van der Waals surface area contributed by atoms with E-state index in [2.05, 4.69) is 26.3 Å². The summed E-state index contributed by atoms with van der Waals surface area (Å²) in [6.45, 7) is 0.530. The lowest BCUT2D eigenvalue weighted by atomic mass is 10.2. The summed E-state index contributed by atoms with van der Waals surface area (Å²) in [5, 5.41) is 9.63. The third kappa shape index (κ3) is 2.91. The number of hydrogen-bond acceptors (Lipinski definition) is 3. The van der Waals surface area contributed by atoms with E-state index in [-0.39, 0.29) is 5.91 Å². The van der Waals surface area contributed by atoms with Gasteiger partial charge in [0.05, 0.1) is 12.2 Å². The number of carbonyl (C=O) groups excluding carboxylic acids is 1. The number of thiophene rings is 1. The largest absolute Gasteiger partial charge is 0.346 e. The summed E-state index contributed by atoms with van der Waals surface area (Å²) in [4.78, 5) is 13.8. The summed E-state index contributed by atoms with van der Waals surface area (Å²) in [6, 6.07) is 12.0. The first-order valence-electron chi connectivity index (χ1n) is 7.89. The Kier molecular flexibility index (Phi) is 4.24. The monoisotopic (exact) mass is 401 g/mol. The molecule has 0 bridgehead atoms.